The zero-order valence-corrected chi connectivity index (χ0v) is 18.8. The van der Waals surface area contributed by atoms with E-state index in [1.807, 2.05) is 0 Å². The van der Waals surface area contributed by atoms with E-state index in [0.717, 1.165) is 96.9 Å². The molecule has 0 aromatic heterocycles. The highest BCUT2D eigenvalue weighted by atomic mass is 16.2. The summed E-state index contributed by atoms with van der Waals surface area (Å²) in [5.74, 6) is -1.64. The topological polar surface area (TPSA) is 91.1 Å². The quantitative estimate of drug-likeness (QED) is 0.441. The number of rotatable bonds is 6. The van der Waals surface area contributed by atoms with Crippen molar-refractivity contribution in [3.05, 3.63) is 0 Å². The van der Waals surface area contributed by atoms with Crippen molar-refractivity contribution in [1.29, 1.82) is 0 Å². The standard InChI is InChI=1S/C23H37N5O3/c29-21-20(17-25-13-16-26-14-11-24-12-15-26)22(30)28(19-9-5-2-6-10-19)23(31)27(21)18-7-3-1-4-8-18/h17-20,24H,1-16H2/p+2. The lowest BCUT2D eigenvalue weighted by Crippen LogP contribution is -3.20. The Morgan fingerprint density at radius 1 is 0.839 bits per heavy atom. The predicted octanol–water partition coefficient (Wildman–Crippen LogP) is -0.408. The van der Waals surface area contributed by atoms with Crippen molar-refractivity contribution < 1.29 is 24.6 Å². The molecule has 31 heavy (non-hydrogen) atoms. The molecule has 4 amide bonds. The Balaban J connectivity index is 1.49. The van der Waals surface area contributed by atoms with Gasteiger partial charge < -0.3 is 10.2 Å². The summed E-state index contributed by atoms with van der Waals surface area (Å²) >= 11 is 0. The Morgan fingerprint density at radius 2 is 1.35 bits per heavy atom. The van der Waals surface area contributed by atoms with Crippen LogP contribution in [0.25, 0.3) is 0 Å². The molecule has 0 unspecified atom stereocenters. The van der Waals surface area contributed by atoms with Crippen LogP contribution in [-0.4, -0.2) is 85.2 Å². The summed E-state index contributed by atoms with van der Waals surface area (Å²) in [6.07, 6.45) is 11.4. The Bertz CT molecular complexity index is 639. The van der Waals surface area contributed by atoms with E-state index in [4.69, 9.17) is 0 Å². The number of hydrogen-bond donors (Lipinski definition) is 2. The second-order valence-electron chi connectivity index (χ2n) is 9.68. The predicted molar refractivity (Wildman–Crippen MR) is 117 cm³/mol. The van der Waals surface area contributed by atoms with Crippen molar-refractivity contribution in [2.75, 3.05) is 39.3 Å². The van der Waals surface area contributed by atoms with Crippen molar-refractivity contribution in [2.24, 2.45) is 10.9 Å². The van der Waals surface area contributed by atoms with Crippen LogP contribution in [0.1, 0.15) is 64.2 Å². The van der Waals surface area contributed by atoms with Gasteiger partial charge in [0.2, 0.25) is 11.8 Å². The summed E-state index contributed by atoms with van der Waals surface area (Å²) < 4.78 is 0. The number of nitrogens with zero attached hydrogens (tertiary/aromatic N) is 3. The van der Waals surface area contributed by atoms with Crippen LogP contribution in [0.2, 0.25) is 0 Å². The molecule has 0 aromatic carbocycles. The Kier molecular flexibility index (Phi) is 7.72. The zero-order chi connectivity index (χ0) is 21.6. The number of carbonyl (C=O) groups is 3. The van der Waals surface area contributed by atoms with Gasteiger partial charge in [-0.1, -0.05) is 38.5 Å². The molecular formula is C23H39N5O3+2. The molecule has 0 bridgehead atoms. The van der Waals surface area contributed by atoms with E-state index in [0.29, 0.717) is 6.54 Å². The van der Waals surface area contributed by atoms with E-state index < -0.39 is 5.92 Å². The van der Waals surface area contributed by atoms with Crippen LogP contribution in [0, 0.1) is 5.92 Å². The minimum Gasteiger partial charge on any atom is -0.337 e. The number of piperazine rings is 1. The third-order valence-corrected chi connectivity index (χ3v) is 7.55. The average Bonchev–Trinajstić information content (AvgIpc) is 2.80. The maximum Gasteiger partial charge on any atom is 0.333 e. The number of carbonyl (C=O) groups excluding carboxylic acids is 3. The average molecular weight is 434 g/mol. The molecule has 8 heteroatoms. The lowest BCUT2D eigenvalue weighted by molar-refractivity contribution is -0.945. The van der Waals surface area contributed by atoms with Gasteiger partial charge in [-0.3, -0.25) is 24.4 Å². The molecule has 2 heterocycles. The highest BCUT2D eigenvalue weighted by molar-refractivity contribution is 6.23. The van der Waals surface area contributed by atoms with Gasteiger partial charge in [-0.2, -0.15) is 0 Å². The van der Waals surface area contributed by atoms with Gasteiger partial charge in [0.1, 0.15) is 26.2 Å². The molecule has 2 saturated heterocycles. The van der Waals surface area contributed by atoms with E-state index in [-0.39, 0.29) is 29.9 Å². The van der Waals surface area contributed by atoms with Gasteiger partial charge in [0.25, 0.3) is 0 Å². The van der Waals surface area contributed by atoms with Gasteiger partial charge in [0, 0.05) is 18.3 Å². The number of quaternary nitrogens is 2. The van der Waals surface area contributed by atoms with Crippen LogP contribution >= 0.6 is 0 Å². The third-order valence-electron chi connectivity index (χ3n) is 7.55. The highest BCUT2D eigenvalue weighted by Crippen LogP contribution is 2.32. The largest absolute Gasteiger partial charge is 0.337 e. The molecule has 0 radical (unpaired) electrons. The molecule has 4 aliphatic rings. The van der Waals surface area contributed by atoms with Crippen LogP contribution in [0.3, 0.4) is 0 Å². The number of urea groups is 1. The number of hydrogen-bond acceptors (Lipinski definition) is 4. The van der Waals surface area contributed by atoms with Gasteiger partial charge in [0.15, 0.2) is 5.92 Å². The fourth-order valence-electron chi connectivity index (χ4n) is 5.72. The fourth-order valence-corrected chi connectivity index (χ4v) is 5.72. The molecule has 4 fully saturated rings. The number of amides is 4. The molecule has 8 nitrogen and oxygen atoms in total. The van der Waals surface area contributed by atoms with Crippen LogP contribution in [0.4, 0.5) is 4.79 Å². The Labute approximate surface area is 185 Å². The maximum atomic E-state index is 13.4. The van der Waals surface area contributed by atoms with Gasteiger partial charge in [-0.25, -0.2) is 4.79 Å². The zero-order valence-electron chi connectivity index (χ0n) is 18.8. The van der Waals surface area contributed by atoms with Crippen molar-refractivity contribution in [1.82, 2.24) is 9.80 Å². The van der Waals surface area contributed by atoms with E-state index in [1.54, 1.807) is 6.21 Å². The van der Waals surface area contributed by atoms with Crippen molar-refractivity contribution >= 4 is 24.1 Å². The summed E-state index contributed by atoms with van der Waals surface area (Å²) in [6.45, 7) is 6.11. The van der Waals surface area contributed by atoms with Gasteiger partial charge >= 0.3 is 6.03 Å². The van der Waals surface area contributed by atoms with Crippen LogP contribution < -0.4 is 10.2 Å². The van der Waals surface area contributed by atoms with Gasteiger partial charge in [0.05, 0.1) is 13.1 Å². The lowest BCUT2D eigenvalue weighted by Gasteiger charge is -2.44. The van der Waals surface area contributed by atoms with E-state index in [1.165, 1.54) is 14.7 Å². The molecule has 0 spiro atoms. The number of barbiturate groups is 1. The maximum absolute atomic E-state index is 13.4. The van der Waals surface area contributed by atoms with Crippen molar-refractivity contribution in [3.63, 3.8) is 0 Å². The molecule has 2 aliphatic heterocycles. The number of aliphatic imine (C=N–C) groups is 1. The second kappa shape index (κ2) is 10.7. The minimum absolute atomic E-state index is 0.0714. The van der Waals surface area contributed by atoms with E-state index in [9.17, 15) is 14.4 Å². The first kappa shape index (κ1) is 22.4. The SMILES string of the molecule is O=C1C(C=NCC[NH+]2CC[NH2+]CC2)C(=O)N(C2CCCCC2)C(=O)N1C1CCCCC1. The molecule has 2 saturated carbocycles. The Hall–Kier alpha value is -1.80. The fraction of sp³-hybridized carbons (Fsp3) is 0.826. The molecule has 172 valence electrons. The number of nitrogens with two attached hydrogens (primary N) is 1. The van der Waals surface area contributed by atoms with Gasteiger partial charge in [-0.15, -0.1) is 0 Å². The summed E-state index contributed by atoms with van der Waals surface area (Å²) in [5.41, 5.74) is 0. The molecule has 3 N–H and O–H groups in total. The number of nitrogens with one attached hydrogen (secondary N) is 1. The molecule has 4 rings (SSSR count). The molecular weight excluding hydrogens is 394 g/mol. The second-order valence-corrected chi connectivity index (χ2v) is 9.68. The highest BCUT2D eigenvalue weighted by Gasteiger charge is 2.49. The lowest BCUT2D eigenvalue weighted by atomic mass is 9.90. The first-order valence-electron chi connectivity index (χ1n) is 12.5. The van der Waals surface area contributed by atoms with Crippen LogP contribution in [0.15, 0.2) is 4.99 Å². The summed E-state index contributed by atoms with van der Waals surface area (Å²) in [7, 11) is 0. The minimum atomic E-state index is -0.939. The van der Waals surface area contributed by atoms with E-state index >= 15 is 0 Å². The van der Waals surface area contributed by atoms with Crippen molar-refractivity contribution in [3.8, 4) is 0 Å². The van der Waals surface area contributed by atoms with E-state index in [2.05, 4.69) is 10.3 Å². The monoisotopic (exact) mass is 433 g/mol. The summed E-state index contributed by atoms with van der Waals surface area (Å²) in [5, 5.41) is 2.34. The van der Waals surface area contributed by atoms with Crippen LogP contribution in [-0.2, 0) is 9.59 Å². The van der Waals surface area contributed by atoms with Crippen LogP contribution in [0.5, 0.6) is 0 Å². The summed E-state index contributed by atoms with van der Waals surface area (Å²) in [4.78, 5) is 49.0. The normalized spacial score (nSPS) is 26.4. The number of imide groups is 2. The molecule has 0 aromatic rings. The third kappa shape index (κ3) is 5.17. The Morgan fingerprint density at radius 3 is 1.87 bits per heavy atom. The first-order valence-corrected chi connectivity index (χ1v) is 12.5. The van der Waals surface area contributed by atoms with Crippen molar-refractivity contribution in [2.45, 2.75) is 76.3 Å². The molecule has 0 atom stereocenters. The van der Waals surface area contributed by atoms with Gasteiger partial charge in [-0.05, 0) is 25.7 Å². The smallest absolute Gasteiger partial charge is 0.333 e. The molecule has 2 aliphatic carbocycles. The first-order chi connectivity index (χ1) is 15.2. The summed E-state index contributed by atoms with van der Waals surface area (Å²) in [6, 6.07) is -0.511.